The van der Waals surface area contributed by atoms with Gasteiger partial charge in [-0.1, -0.05) is 24.3 Å². The van der Waals surface area contributed by atoms with Crippen molar-refractivity contribution in [2.24, 2.45) is 0 Å². The highest BCUT2D eigenvalue weighted by atomic mass is 16.5. The van der Waals surface area contributed by atoms with Crippen LogP contribution in [0.25, 0.3) is 0 Å². The number of ether oxygens (including phenoxy) is 2. The standard InChI is InChI=1S/C18H18O4/c1-13(19)12-21-17-7-3-15(4-8-17)11-16-5-9-18(10-6-16)22-14(2)20/h3-10H,11-12H2,1-2H3. The van der Waals surface area contributed by atoms with E-state index < -0.39 is 0 Å². The fraction of sp³-hybridized carbons (Fsp3) is 0.222. The molecule has 0 aromatic heterocycles. The third kappa shape index (κ3) is 5.05. The predicted octanol–water partition coefficient (Wildman–Crippen LogP) is 3.17. The molecule has 0 amide bonds. The predicted molar refractivity (Wildman–Crippen MR) is 83.2 cm³/mol. The highest BCUT2D eigenvalue weighted by Gasteiger charge is 2.01. The van der Waals surface area contributed by atoms with Gasteiger partial charge in [-0.2, -0.15) is 0 Å². The first-order chi connectivity index (χ1) is 10.5. The van der Waals surface area contributed by atoms with Crippen molar-refractivity contribution in [2.75, 3.05) is 6.61 Å². The quantitative estimate of drug-likeness (QED) is 0.607. The molecule has 0 heterocycles. The molecule has 0 saturated carbocycles. The van der Waals surface area contributed by atoms with Gasteiger partial charge in [0.05, 0.1) is 0 Å². The molecule has 0 radical (unpaired) electrons. The van der Waals surface area contributed by atoms with Crippen LogP contribution in [0.2, 0.25) is 0 Å². The van der Waals surface area contributed by atoms with Gasteiger partial charge in [0.2, 0.25) is 0 Å². The fourth-order valence-corrected chi connectivity index (χ4v) is 1.97. The second-order valence-electron chi connectivity index (χ2n) is 5.05. The summed E-state index contributed by atoms with van der Waals surface area (Å²) in [6, 6.07) is 15.1. The van der Waals surface area contributed by atoms with Gasteiger partial charge in [0.15, 0.2) is 5.78 Å². The molecular weight excluding hydrogens is 280 g/mol. The van der Waals surface area contributed by atoms with Crippen LogP contribution >= 0.6 is 0 Å². The average molecular weight is 298 g/mol. The van der Waals surface area contributed by atoms with Crippen molar-refractivity contribution >= 4 is 11.8 Å². The molecule has 2 aromatic carbocycles. The van der Waals surface area contributed by atoms with Gasteiger partial charge in [-0.15, -0.1) is 0 Å². The number of carbonyl (C=O) groups excluding carboxylic acids is 2. The molecule has 0 spiro atoms. The molecule has 0 aliphatic heterocycles. The molecule has 114 valence electrons. The van der Waals surface area contributed by atoms with Gasteiger partial charge in [-0.3, -0.25) is 9.59 Å². The van der Waals surface area contributed by atoms with Crippen molar-refractivity contribution in [1.29, 1.82) is 0 Å². The molecule has 0 unspecified atom stereocenters. The Bertz CT molecular complexity index is 642. The van der Waals surface area contributed by atoms with E-state index in [1.165, 1.54) is 13.8 Å². The third-order valence-electron chi connectivity index (χ3n) is 2.96. The molecule has 4 nitrogen and oxygen atoms in total. The molecule has 0 bridgehead atoms. The van der Waals surface area contributed by atoms with Gasteiger partial charge >= 0.3 is 5.97 Å². The topological polar surface area (TPSA) is 52.6 Å². The molecule has 22 heavy (non-hydrogen) atoms. The second kappa shape index (κ2) is 7.41. The van der Waals surface area contributed by atoms with Crippen molar-refractivity contribution in [2.45, 2.75) is 20.3 Å². The van der Waals surface area contributed by atoms with E-state index in [9.17, 15) is 9.59 Å². The molecule has 0 atom stereocenters. The van der Waals surface area contributed by atoms with E-state index in [-0.39, 0.29) is 18.4 Å². The summed E-state index contributed by atoms with van der Waals surface area (Å²) in [5.41, 5.74) is 2.25. The van der Waals surface area contributed by atoms with Crippen LogP contribution in [0.4, 0.5) is 0 Å². The van der Waals surface area contributed by atoms with Crippen molar-refractivity contribution in [1.82, 2.24) is 0 Å². The third-order valence-corrected chi connectivity index (χ3v) is 2.96. The first kappa shape index (κ1) is 15.8. The Balaban J connectivity index is 1.95. The minimum atomic E-state index is -0.325. The lowest BCUT2D eigenvalue weighted by molar-refractivity contribution is -0.131. The lowest BCUT2D eigenvalue weighted by Gasteiger charge is -2.07. The highest BCUT2D eigenvalue weighted by molar-refractivity contribution is 5.77. The van der Waals surface area contributed by atoms with Crippen LogP contribution in [0, 0.1) is 0 Å². The molecule has 0 N–H and O–H groups in total. The molecular formula is C18H18O4. The summed E-state index contributed by atoms with van der Waals surface area (Å²) in [5, 5.41) is 0. The zero-order chi connectivity index (χ0) is 15.9. The summed E-state index contributed by atoms with van der Waals surface area (Å²) >= 11 is 0. The van der Waals surface area contributed by atoms with Gasteiger partial charge < -0.3 is 9.47 Å². The summed E-state index contributed by atoms with van der Waals surface area (Å²) in [5.74, 6) is 0.902. The largest absolute Gasteiger partial charge is 0.486 e. The van der Waals surface area contributed by atoms with Crippen LogP contribution in [0.3, 0.4) is 0 Å². The Morgan fingerprint density at radius 2 is 1.32 bits per heavy atom. The summed E-state index contributed by atoms with van der Waals surface area (Å²) in [4.78, 5) is 21.7. The number of esters is 1. The number of carbonyl (C=O) groups is 2. The second-order valence-corrected chi connectivity index (χ2v) is 5.05. The molecule has 2 rings (SSSR count). The first-order valence-electron chi connectivity index (χ1n) is 7.01. The van der Waals surface area contributed by atoms with Crippen molar-refractivity contribution in [3.63, 3.8) is 0 Å². The Kier molecular flexibility index (Phi) is 5.31. The Morgan fingerprint density at radius 3 is 1.77 bits per heavy atom. The summed E-state index contributed by atoms with van der Waals surface area (Å²) in [6.07, 6.45) is 0.771. The molecule has 0 saturated heterocycles. The number of benzene rings is 2. The molecule has 0 aliphatic rings. The SMILES string of the molecule is CC(=O)COc1ccc(Cc2ccc(OC(C)=O)cc2)cc1. The highest BCUT2D eigenvalue weighted by Crippen LogP contribution is 2.18. The van der Waals surface area contributed by atoms with Crippen LogP contribution in [-0.2, 0) is 16.0 Å². The molecule has 2 aromatic rings. The van der Waals surface area contributed by atoms with Crippen LogP contribution in [0.5, 0.6) is 11.5 Å². The minimum Gasteiger partial charge on any atom is -0.486 e. The van der Waals surface area contributed by atoms with E-state index in [4.69, 9.17) is 9.47 Å². The van der Waals surface area contributed by atoms with Gasteiger partial charge in [0, 0.05) is 6.92 Å². The summed E-state index contributed by atoms with van der Waals surface area (Å²) < 4.78 is 10.3. The van der Waals surface area contributed by atoms with E-state index in [2.05, 4.69) is 0 Å². The first-order valence-corrected chi connectivity index (χ1v) is 7.01. The van der Waals surface area contributed by atoms with Crippen LogP contribution in [0.15, 0.2) is 48.5 Å². The van der Waals surface area contributed by atoms with Crippen molar-refractivity contribution in [3.8, 4) is 11.5 Å². The van der Waals surface area contributed by atoms with E-state index in [0.717, 1.165) is 17.5 Å². The van der Waals surface area contributed by atoms with E-state index in [1.54, 1.807) is 12.1 Å². The fourth-order valence-electron chi connectivity index (χ4n) is 1.97. The van der Waals surface area contributed by atoms with Gasteiger partial charge in [0.25, 0.3) is 0 Å². The maximum absolute atomic E-state index is 10.9. The van der Waals surface area contributed by atoms with Crippen LogP contribution in [-0.4, -0.2) is 18.4 Å². The molecule has 4 heteroatoms. The van der Waals surface area contributed by atoms with Gasteiger partial charge in [-0.05, 0) is 48.7 Å². The smallest absolute Gasteiger partial charge is 0.308 e. The average Bonchev–Trinajstić information content (AvgIpc) is 2.48. The van der Waals surface area contributed by atoms with Gasteiger partial charge in [-0.25, -0.2) is 0 Å². The maximum Gasteiger partial charge on any atom is 0.308 e. The Hall–Kier alpha value is -2.62. The Morgan fingerprint density at radius 1 is 0.818 bits per heavy atom. The normalized spacial score (nSPS) is 10.1. The van der Waals surface area contributed by atoms with E-state index >= 15 is 0 Å². The number of Topliss-reactive ketones (excluding diaryl/α,β-unsaturated/α-hetero) is 1. The van der Waals surface area contributed by atoms with Crippen LogP contribution < -0.4 is 9.47 Å². The number of ketones is 1. The zero-order valence-electron chi connectivity index (χ0n) is 12.7. The molecule has 0 aliphatic carbocycles. The van der Waals surface area contributed by atoms with Crippen molar-refractivity contribution in [3.05, 3.63) is 59.7 Å². The number of hydrogen-bond acceptors (Lipinski definition) is 4. The number of rotatable bonds is 6. The minimum absolute atomic E-state index is 0.00283. The van der Waals surface area contributed by atoms with E-state index in [0.29, 0.717) is 11.5 Å². The summed E-state index contributed by atoms with van der Waals surface area (Å²) in [6.45, 7) is 2.97. The van der Waals surface area contributed by atoms with Gasteiger partial charge in [0.1, 0.15) is 18.1 Å². The monoisotopic (exact) mass is 298 g/mol. The number of hydrogen-bond donors (Lipinski definition) is 0. The lowest BCUT2D eigenvalue weighted by Crippen LogP contribution is -2.06. The molecule has 0 fully saturated rings. The maximum atomic E-state index is 10.9. The van der Waals surface area contributed by atoms with E-state index in [1.807, 2.05) is 36.4 Å². The van der Waals surface area contributed by atoms with Crippen molar-refractivity contribution < 1.29 is 19.1 Å². The summed E-state index contributed by atoms with van der Waals surface area (Å²) in [7, 11) is 0. The van der Waals surface area contributed by atoms with Crippen LogP contribution in [0.1, 0.15) is 25.0 Å². The zero-order valence-corrected chi connectivity index (χ0v) is 12.7. The Labute approximate surface area is 129 Å². The lowest BCUT2D eigenvalue weighted by atomic mass is 10.0.